The van der Waals surface area contributed by atoms with E-state index in [4.69, 9.17) is 21.0 Å². The molecule has 142 valence electrons. The van der Waals surface area contributed by atoms with Crippen LogP contribution in [0.5, 0.6) is 17.2 Å². The third kappa shape index (κ3) is 5.30. The molecule has 28 heavy (non-hydrogen) atoms. The molecule has 3 aromatic carbocycles. The van der Waals surface area contributed by atoms with Crippen LogP contribution in [0.4, 0.5) is 5.69 Å². The van der Waals surface area contributed by atoms with Crippen molar-refractivity contribution in [2.45, 2.75) is 13.4 Å². The lowest BCUT2D eigenvalue weighted by atomic mass is 10.1. The maximum Gasteiger partial charge on any atom is 0.336 e. The molecule has 0 aliphatic carbocycles. The zero-order chi connectivity index (χ0) is 19.8. The van der Waals surface area contributed by atoms with Crippen LogP contribution in [0.3, 0.4) is 0 Å². The Labute approximate surface area is 170 Å². The van der Waals surface area contributed by atoms with Crippen LogP contribution >= 0.6 is 11.6 Å². The van der Waals surface area contributed by atoms with Crippen molar-refractivity contribution in [2.24, 2.45) is 0 Å². The summed E-state index contributed by atoms with van der Waals surface area (Å²) in [5, 5.41) is 0. The molecule has 0 saturated heterocycles. The number of benzene rings is 3. The molecule has 4 nitrogen and oxygen atoms in total. The second-order valence-corrected chi connectivity index (χ2v) is 6.37. The Morgan fingerprint density at radius 1 is 0.893 bits per heavy atom. The molecule has 0 atom stereocenters. The van der Waals surface area contributed by atoms with Gasteiger partial charge in [0.15, 0.2) is 0 Å². The Balaban J connectivity index is 1.72. The normalized spacial score (nSPS) is 10.2. The van der Waals surface area contributed by atoms with Gasteiger partial charge in [-0.1, -0.05) is 37.2 Å². The van der Waals surface area contributed by atoms with Crippen molar-refractivity contribution in [1.82, 2.24) is 0 Å². The predicted molar refractivity (Wildman–Crippen MR) is 115 cm³/mol. The first-order chi connectivity index (χ1) is 13.7. The standard InChI is InChI=1S/C22H21BClNO3/c1-23-28-21-13-11-20(12-14-21)27-19-9-7-18(8-10-19)25(22(26)15-24)16-17-5-3-2-4-6-17/h2-14,23H,15-16H2,1H3. The molecule has 0 heterocycles. The number of hydrogen-bond donors (Lipinski definition) is 0. The highest BCUT2D eigenvalue weighted by Gasteiger charge is 2.15. The molecule has 0 saturated carbocycles. The second-order valence-electron chi connectivity index (χ2n) is 6.10. The predicted octanol–water partition coefficient (Wildman–Crippen LogP) is 5.03. The van der Waals surface area contributed by atoms with Gasteiger partial charge in [-0.05, 0) is 54.1 Å². The number of alkyl halides is 1. The van der Waals surface area contributed by atoms with E-state index in [1.165, 1.54) is 0 Å². The minimum atomic E-state index is -0.147. The van der Waals surface area contributed by atoms with Gasteiger partial charge in [0.05, 0.1) is 12.3 Å². The van der Waals surface area contributed by atoms with E-state index in [9.17, 15) is 4.79 Å². The number of rotatable bonds is 8. The Bertz CT molecular complexity index is 886. The van der Waals surface area contributed by atoms with E-state index in [0.29, 0.717) is 25.5 Å². The van der Waals surface area contributed by atoms with Crippen LogP contribution in [0.1, 0.15) is 5.56 Å². The van der Waals surface area contributed by atoms with Gasteiger partial charge in [0.1, 0.15) is 17.4 Å². The molecule has 0 radical (unpaired) electrons. The first kappa shape index (κ1) is 19.8. The summed E-state index contributed by atoms with van der Waals surface area (Å²) in [7, 11) is 0.627. The fraction of sp³-hybridized carbons (Fsp3) is 0.136. The van der Waals surface area contributed by atoms with Crippen LogP contribution < -0.4 is 14.3 Å². The molecule has 0 fully saturated rings. The van der Waals surface area contributed by atoms with E-state index in [0.717, 1.165) is 17.0 Å². The SMILES string of the molecule is CBOc1ccc(Oc2ccc(N(Cc3ccccc3)C(=O)CCl)cc2)cc1. The summed E-state index contributed by atoms with van der Waals surface area (Å²) in [5.41, 5.74) is 1.81. The van der Waals surface area contributed by atoms with Crippen molar-refractivity contribution < 1.29 is 14.2 Å². The molecular weight excluding hydrogens is 373 g/mol. The quantitative estimate of drug-likeness (QED) is 0.398. The van der Waals surface area contributed by atoms with Gasteiger partial charge >= 0.3 is 7.48 Å². The molecule has 1 amide bonds. The fourth-order valence-corrected chi connectivity index (χ4v) is 2.91. The lowest BCUT2D eigenvalue weighted by Gasteiger charge is -2.22. The monoisotopic (exact) mass is 393 g/mol. The Kier molecular flexibility index (Phi) is 6.98. The van der Waals surface area contributed by atoms with Crippen molar-refractivity contribution >= 4 is 30.7 Å². The number of carbonyl (C=O) groups excluding carboxylic acids is 1. The van der Waals surface area contributed by atoms with Gasteiger partial charge in [-0.3, -0.25) is 4.79 Å². The van der Waals surface area contributed by atoms with Gasteiger partial charge in [0.25, 0.3) is 0 Å². The minimum Gasteiger partial charge on any atom is -0.565 e. The van der Waals surface area contributed by atoms with E-state index < -0.39 is 0 Å². The summed E-state index contributed by atoms with van der Waals surface area (Å²) < 4.78 is 11.3. The molecule has 0 bridgehead atoms. The van der Waals surface area contributed by atoms with Crippen molar-refractivity contribution in [3.05, 3.63) is 84.4 Å². The van der Waals surface area contributed by atoms with Crippen LogP contribution in [-0.2, 0) is 11.3 Å². The smallest absolute Gasteiger partial charge is 0.336 e. The van der Waals surface area contributed by atoms with Crippen LogP contribution in [0.2, 0.25) is 6.82 Å². The van der Waals surface area contributed by atoms with Crippen molar-refractivity contribution in [3.8, 4) is 17.2 Å². The van der Waals surface area contributed by atoms with Crippen LogP contribution in [0, 0.1) is 0 Å². The third-order valence-electron chi connectivity index (χ3n) is 4.12. The van der Waals surface area contributed by atoms with Crippen LogP contribution in [0.15, 0.2) is 78.9 Å². The van der Waals surface area contributed by atoms with E-state index in [1.807, 2.05) is 85.7 Å². The molecular formula is C22H21BClNO3. The molecule has 0 aliphatic heterocycles. The number of nitrogens with zero attached hydrogens (tertiary/aromatic N) is 1. The average Bonchev–Trinajstić information content (AvgIpc) is 2.74. The molecule has 0 aromatic heterocycles. The van der Waals surface area contributed by atoms with Crippen molar-refractivity contribution in [1.29, 1.82) is 0 Å². The molecule has 3 rings (SSSR count). The molecule has 0 N–H and O–H groups in total. The maximum absolute atomic E-state index is 12.3. The summed E-state index contributed by atoms with van der Waals surface area (Å²) >= 11 is 5.81. The molecule has 0 aliphatic rings. The summed E-state index contributed by atoms with van der Waals surface area (Å²) in [6.45, 7) is 2.41. The van der Waals surface area contributed by atoms with Gasteiger partial charge in [-0.15, -0.1) is 11.6 Å². The molecule has 3 aromatic rings. The number of hydrogen-bond acceptors (Lipinski definition) is 3. The first-order valence-corrected chi connectivity index (χ1v) is 9.64. The van der Waals surface area contributed by atoms with E-state index in [1.54, 1.807) is 4.90 Å². The molecule has 0 spiro atoms. The topological polar surface area (TPSA) is 38.8 Å². The number of halogens is 1. The second kappa shape index (κ2) is 9.86. The summed E-state index contributed by atoms with van der Waals surface area (Å²) in [6.07, 6.45) is 0. The lowest BCUT2D eigenvalue weighted by molar-refractivity contribution is -0.116. The number of amides is 1. The van der Waals surface area contributed by atoms with Gasteiger partial charge < -0.3 is 14.3 Å². The zero-order valence-corrected chi connectivity index (χ0v) is 16.4. The molecule has 0 unspecified atom stereocenters. The third-order valence-corrected chi connectivity index (χ3v) is 4.35. The van der Waals surface area contributed by atoms with Crippen LogP contribution in [-0.4, -0.2) is 19.3 Å². The summed E-state index contributed by atoms with van der Waals surface area (Å²) in [4.78, 5) is 14.0. The fourth-order valence-electron chi connectivity index (χ4n) is 2.76. The van der Waals surface area contributed by atoms with Crippen LogP contribution in [0.25, 0.3) is 0 Å². The van der Waals surface area contributed by atoms with Gasteiger partial charge in [0, 0.05) is 5.69 Å². The summed E-state index contributed by atoms with van der Waals surface area (Å²) in [6, 6.07) is 24.7. The minimum absolute atomic E-state index is 0.0722. The largest absolute Gasteiger partial charge is 0.565 e. The highest BCUT2D eigenvalue weighted by Crippen LogP contribution is 2.27. The van der Waals surface area contributed by atoms with Gasteiger partial charge in [-0.2, -0.15) is 0 Å². The van der Waals surface area contributed by atoms with Crippen molar-refractivity contribution in [3.63, 3.8) is 0 Å². The van der Waals surface area contributed by atoms with E-state index in [-0.39, 0.29) is 11.8 Å². The number of anilines is 1. The van der Waals surface area contributed by atoms with E-state index in [2.05, 4.69) is 0 Å². The highest BCUT2D eigenvalue weighted by molar-refractivity contribution is 6.29. The van der Waals surface area contributed by atoms with E-state index >= 15 is 0 Å². The summed E-state index contributed by atoms with van der Waals surface area (Å²) in [5.74, 6) is 1.99. The number of carbonyl (C=O) groups is 1. The van der Waals surface area contributed by atoms with Gasteiger partial charge in [0.2, 0.25) is 5.91 Å². The number of ether oxygens (including phenoxy) is 1. The Hall–Kier alpha value is -2.92. The molecule has 6 heteroatoms. The first-order valence-electron chi connectivity index (χ1n) is 9.10. The van der Waals surface area contributed by atoms with Gasteiger partial charge in [-0.25, -0.2) is 0 Å². The highest BCUT2D eigenvalue weighted by atomic mass is 35.5. The lowest BCUT2D eigenvalue weighted by Crippen LogP contribution is -2.31. The Morgan fingerprint density at radius 3 is 2.04 bits per heavy atom. The Morgan fingerprint density at radius 2 is 1.46 bits per heavy atom. The maximum atomic E-state index is 12.3. The van der Waals surface area contributed by atoms with Crippen molar-refractivity contribution in [2.75, 3.05) is 10.8 Å². The average molecular weight is 394 g/mol. The zero-order valence-electron chi connectivity index (χ0n) is 15.7.